The summed E-state index contributed by atoms with van der Waals surface area (Å²) in [5, 5.41) is 8.83. The zero-order valence-electron chi connectivity index (χ0n) is 12.4. The van der Waals surface area contributed by atoms with E-state index in [1.807, 2.05) is 12.1 Å². The van der Waals surface area contributed by atoms with E-state index in [4.69, 9.17) is 35.4 Å². The molecule has 0 radical (unpaired) electrons. The van der Waals surface area contributed by atoms with Crippen molar-refractivity contribution < 1.29 is 0 Å². The first-order chi connectivity index (χ1) is 10.5. The van der Waals surface area contributed by atoms with E-state index in [9.17, 15) is 0 Å². The van der Waals surface area contributed by atoms with Gasteiger partial charge in [0.15, 0.2) is 5.11 Å². The number of nitrogens with one attached hydrogen (secondary N) is 2. The van der Waals surface area contributed by atoms with Gasteiger partial charge < -0.3 is 10.6 Å². The molecule has 5 heteroatoms. The molecule has 0 spiro atoms. The van der Waals surface area contributed by atoms with Crippen LogP contribution in [0.5, 0.6) is 0 Å². The van der Waals surface area contributed by atoms with Crippen molar-refractivity contribution in [2.45, 2.75) is 44.1 Å². The molecular weight excluding hydrogens is 335 g/mol. The Labute approximate surface area is 146 Å². The average molecular weight is 355 g/mol. The fourth-order valence-electron chi connectivity index (χ4n) is 5.29. The largest absolute Gasteiger partial charge is 0.357 e. The summed E-state index contributed by atoms with van der Waals surface area (Å²) in [6.45, 7) is 0. The van der Waals surface area contributed by atoms with Gasteiger partial charge in [-0.2, -0.15) is 0 Å². The SMILES string of the molecule is S=C(Nc1cc(Cl)cc(Cl)c1)NC12CC3CC(CC(C3)C1)C2. The van der Waals surface area contributed by atoms with Gasteiger partial charge in [-0.25, -0.2) is 0 Å². The van der Waals surface area contributed by atoms with Gasteiger partial charge in [0, 0.05) is 21.3 Å². The van der Waals surface area contributed by atoms with E-state index < -0.39 is 0 Å². The quantitative estimate of drug-likeness (QED) is 0.709. The van der Waals surface area contributed by atoms with Crippen molar-refractivity contribution in [3.05, 3.63) is 28.2 Å². The molecular formula is C17H20Cl2N2S. The minimum Gasteiger partial charge on any atom is -0.357 e. The van der Waals surface area contributed by atoms with Crippen LogP contribution < -0.4 is 10.6 Å². The zero-order valence-corrected chi connectivity index (χ0v) is 14.7. The van der Waals surface area contributed by atoms with Crippen molar-refractivity contribution in [1.29, 1.82) is 0 Å². The Hall–Kier alpha value is -0.510. The van der Waals surface area contributed by atoms with Gasteiger partial charge in [-0.05, 0) is 86.7 Å². The molecule has 0 amide bonds. The highest BCUT2D eigenvalue weighted by molar-refractivity contribution is 7.80. The first kappa shape index (κ1) is 15.0. The lowest BCUT2D eigenvalue weighted by molar-refractivity contribution is -0.00972. The van der Waals surface area contributed by atoms with Crippen molar-refractivity contribution in [2.75, 3.05) is 5.32 Å². The summed E-state index contributed by atoms with van der Waals surface area (Å²) in [4.78, 5) is 0. The first-order valence-corrected chi connectivity index (χ1v) is 9.21. The second-order valence-corrected chi connectivity index (χ2v) is 8.72. The van der Waals surface area contributed by atoms with E-state index in [0.29, 0.717) is 15.2 Å². The standard InChI is InChI=1S/C17H20Cl2N2S/c18-13-4-14(19)6-15(5-13)20-16(22)21-17-7-10-1-11(8-17)3-12(2-10)9-17/h4-6,10-12H,1-3,7-9H2,(H2,20,21,22). The Balaban J connectivity index is 1.46. The molecule has 4 fully saturated rings. The van der Waals surface area contributed by atoms with E-state index in [0.717, 1.165) is 23.4 Å². The number of rotatable bonds is 2. The lowest BCUT2D eigenvalue weighted by atomic mass is 9.53. The summed E-state index contributed by atoms with van der Waals surface area (Å²) in [5.41, 5.74) is 1.07. The maximum absolute atomic E-state index is 6.05. The summed E-state index contributed by atoms with van der Waals surface area (Å²) < 4.78 is 0. The number of benzene rings is 1. The highest BCUT2D eigenvalue weighted by Crippen LogP contribution is 2.55. The lowest BCUT2D eigenvalue weighted by Gasteiger charge is -2.57. The van der Waals surface area contributed by atoms with Gasteiger partial charge in [0.1, 0.15) is 0 Å². The average Bonchev–Trinajstić information content (AvgIpc) is 2.33. The van der Waals surface area contributed by atoms with Gasteiger partial charge in [0.2, 0.25) is 0 Å². The van der Waals surface area contributed by atoms with Crippen molar-refractivity contribution in [1.82, 2.24) is 5.32 Å². The van der Waals surface area contributed by atoms with Crippen LogP contribution in [0.2, 0.25) is 10.0 Å². The van der Waals surface area contributed by atoms with Crippen molar-refractivity contribution in [2.24, 2.45) is 17.8 Å². The second kappa shape index (κ2) is 5.54. The summed E-state index contributed by atoms with van der Waals surface area (Å²) in [6, 6.07) is 5.42. The predicted molar refractivity (Wildman–Crippen MR) is 96.7 cm³/mol. The second-order valence-electron chi connectivity index (χ2n) is 7.44. The van der Waals surface area contributed by atoms with Gasteiger partial charge in [0.25, 0.3) is 0 Å². The van der Waals surface area contributed by atoms with Crippen LogP contribution in [0.1, 0.15) is 38.5 Å². The van der Waals surface area contributed by atoms with Crippen LogP contribution in [0.25, 0.3) is 0 Å². The molecule has 4 aliphatic rings. The number of hydrogen-bond acceptors (Lipinski definition) is 1. The maximum atomic E-state index is 6.05. The van der Waals surface area contributed by atoms with Crippen LogP contribution in [0.15, 0.2) is 18.2 Å². The van der Waals surface area contributed by atoms with Crippen molar-refractivity contribution in [3.63, 3.8) is 0 Å². The van der Waals surface area contributed by atoms with Gasteiger partial charge in [0.05, 0.1) is 0 Å². The Bertz CT molecular complexity index is 561. The lowest BCUT2D eigenvalue weighted by Crippen LogP contribution is -2.60. The predicted octanol–water partition coefficient (Wildman–Crippen LogP) is 5.25. The Morgan fingerprint density at radius 3 is 1.95 bits per heavy atom. The molecule has 0 unspecified atom stereocenters. The summed E-state index contributed by atoms with van der Waals surface area (Å²) in [6.07, 6.45) is 8.13. The normalized spacial score (nSPS) is 35.5. The number of hydrogen-bond donors (Lipinski definition) is 2. The highest BCUT2D eigenvalue weighted by Gasteiger charge is 2.51. The van der Waals surface area contributed by atoms with Crippen LogP contribution in [0.3, 0.4) is 0 Å². The molecule has 2 nitrogen and oxygen atoms in total. The Kier molecular flexibility index (Phi) is 3.79. The van der Waals surface area contributed by atoms with E-state index in [-0.39, 0.29) is 5.54 Å². The molecule has 0 aliphatic heterocycles. The van der Waals surface area contributed by atoms with E-state index in [1.54, 1.807) is 6.07 Å². The molecule has 22 heavy (non-hydrogen) atoms. The maximum Gasteiger partial charge on any atom is 0.171 e. The minimum atomic E-state index is 0.223. The van der Waals surface area contributed by atoms with Gasteiger partial charge >= 0.3 is 0 Å². The summed E-state index contributed by atoms with van der Waals surface area (Å²) >= 11 is 17.6. The van der Waals surface area contributed by atoms with Crippen LogP contribution >= 0.6 is 35.4 Å². The third kappa shape index (κ3) is 2.95. The van der Waals surface area contributed by atoms with E-state index in [2.05, 4.69) is 10.6 Å². The zero-order chi connectivity index (χ0) is 15.3. The van der Waals surface area contributed by atoms with E-state index in [1.165, 1.54) is 38.5 Å². The molecule has 0 atom stereocenters. The Morgan fingerprint density at radius 2 is 1.45 bits per heavy atom. The molecule has 4 aliphatic carbocycles. The van der Waals surface area contributed by atoms with Crippen LogP contribution in [-0.2, 0) is 0 Å². The van der Waals surface area contributed by atoms with Crippen LogP contribution in [0.4, 0.5) is 5.69 Å². The minimum absolute atomic E-state index is 0.223. The van der Waals surface area contributed by atoms with Crippen molar-refractivity contribution >= 4 is 46.2 Å². The molecule has 4 bridgehead atoms. The van der Waals surface area contributed by atoms with Crippen molar-refractivity contribution in [3.8, 4) is 0 Å². The molecule has 0 saturated heterocycles. The van der Waals surface area contributed by atoms with E-state index >= 15 is 0 Å². The van der Waals surface area contributed by atoms with Gasteiger partial charge in [-0.15, -0.1) is 0 Å². The van der Waals surface area contributed by atoms with Crippen LogP contribution in [0, 0.1) is 17.8 Å². The monoisotopic (exact) mass is 354 g/mol. The fraction of sp³-hybridized carbons (Fsp3) is 0.588. The molecule has 4 saturated carbocycles. The number of halogens is 2. The molecule has 5 rings (SSSR count). The fourth-order valence-corrected chi connectivity index (χ4v) is 6.15. The van der Waals surface area contributed by atoms with Gasteiger partial charge in [-0.1, -0.05) is 23.2 Å². The third-order valence-electron chi connectivity index (χ3n) is 5.54. The molecule has 0 heterocycles. The topological polar surface area (TPSA) is 24.1 Å². The summed E-state index contributed by atoms with van der Waals surface area (Å²) in [5.74, 6) is 2.71. The third-order valence-corrected chi connectivity index (χ3v) is 6.18. The first-order valence-electron chi connectivity index (χ1n) is 8.05. The number of thiocarbonyl (C=S) groups is 1. The smallest absolute Gasteiger partial charge is 0.171 e. The number of anilines is 1. The molecule has 1 aromatic carbocycles. The molecule has 1 aromatic rings. The summed E-state index contributed by atoms with van der Waals surface area (Å²) in [7, 11) is 0. The van der Waals surface area contributed by atoms with Gasteiger partial charge in [-0.3, -0.25) is 0 Å². The Morgan fingerprint density at radius 1 is 0.955 bits per heavy atom. The highest BCUT2D eigenvalue weighted by atomic mass is 35.5. The molecule has 2 N–H and O–H groups in total. The molecule has 118 valence electrons. The van der Waals surface area contributed by atoms with Crippen LogP contribution in [-0.4, -0.2) is 10.7 Å². The molecule has 0 aromatic heterocycles.